The summed E-state index contributed by atoms with van der Waals surface area (Å²) in [7, 11) is 1.71. The third-order valence-electron chi connectivity index (χ3n) is 3.26. The molecule has 0 spiro atoms. The highest BCUT2D eigenvalue weighted by Crippen LogP contribution is 2.37. The minimum Gasteiger partial charge on any atom is -0.466 e. The molecule has 2 heterocycles. The van der Waals surface area contributed by atoms with Crippen LogP contribution >= 0.6 is 11.3 Å². The first kappa shape index (κ1) is 14.4. The van der Waals surface area contributed by atoms with Gasteiger partial charge in [-0.05, 0) is 6.92 Å². The van der Waals surface area contributed by atoms with Crippen LogP contribution in [0.15, 0.2) is 5.38 Å². The summed E-state index contributed by atoms with van der Waals surface area (Å²) in [6.45, 7) is 3.56. The summed E-state index contributed by atoms with van der Waals surface area (Å²) < 4.78 is 16.0. The van der Waals surface area contributed by atoms with Gasteiger partial charge in [0.05, 0.1) is 18.7 Å². The summed E-state index contributed by atoms with van der Waals surface area (Å²) in [5.74, 6) is -0.238. The molecule has 0 atom stereocenters. The summed E-state index contributed by atoms with van der Waals surface area (Å²) in [6.07, 6.45) is 1.83. The molecular weight excluding hydrogens is 266 g/mol. The SMILES string of the molecule is CCOC(=O)Cc1csc(C2(OC)CCOCC2)n1. The van der Waals surface area contributed by atoms with E-state index in [0.717, 1.165) is 23.5 Å². The van der Waals surface area contributed by atoms with Crippen LogP contribution in [-0.2, 0) is 31.0 Å². The van der Waals surface area contributed by atoms with Crippen LogP contribution in [0.5, 0.6) is 0 Å². The number of hydrogen-bond acceptors (Lipinski definition) is 6. The number of aromatic nitrogens is 1. The van der Waals surface area contributed by atoms with Crippen LogP contribution in [0, 0.1) is 0 Å². The Labute approximate surface area is 116 Å². The fourth-order valence-corrected chi connectivity index (χ4v) is 3.22. The third-order valence-corrected chi connectivity index (χ3v) is 4.34. The van der Waals surface area contributed by atoms with Crippen molar-refractivity contribution in [2.24, 2.45) is 0 Å². The smallest absolute Gasteiger partial charge is 0.311 e. The van der Waals surface area contributed by atoms with Gasteiger partial charge >= 0.3 is 5.97 Å². The van der Waals surface area contributed by atoms with Crippen LogP contribution in [0.2, 0.25) is 0 Å². The van der Waals surface area contributed by atoms with E-state index in [1.54, 1.807) is 25.4 Å². The van der Waals surface area contributed by atoms with Crippen LogP contribution in [-0.4, -0.2) is 37.9 Å². The van der Waals surface area contributed by atoms with Gasteiger partial charge < -0.3 is 14.2 Å². The van der Waals surface area contributed by atoms with Crippen molar-refractivity contribution < 1.29 is 19.0 Å². The Bertz CT molecular complexity index is 426. The van der Waals surface area contributed by atoms with Gasteiger partial charge in [-0.3, -0.25) is 4.79 Å². The van der Waals surface area contributed by atoms with Gasteiger partial charge in [0.25, 0.3) is 0 Å². The maximum Gasteiger partial charge on any atom is 0.311 e. The standard InChI is InChI=1S/C13H19NO4S/c1-3-18-11(15)8-10-9-19-12(14-10)13(16-2)4-6-17-7-5-13/h9H,3-8H2,1-2H3. The molecule has 1 aromatic rings. The number of ether oxygens (including phenoxy) is 3. The van der Waals surface area contributed by atoms with Crippen molar-refractivity contribution >= 4 is 17.3 Å². The molecule has 1 aromatic heterocycles. The number of rotatable bonds is 5. The molecule has 0 radical (unpaired) electrons. The Morgan fingerprint density at radius 3 is 2.89 bits per heavy atom. The van der Waals surface area contributed by atoms with Gasteiger partial charge in [-0.1, -0.05) is 0 Å². The fraction of sp³-hybridized carbons (Fsp3) is 0.692. The summed E-state index contributed by atoms with van der Waals surface area (Å²) in [5, 5.41) is 2.83. The van der Waals surface area contributed by atoms with E-state index in [0.29, 0.717) is 19.8 Å². The molecule has 106 valence electrons. The first-order valence-corrected chi connectivity index (χ1v) is 7.31. The second kappa shape index (κ2) is 6.45. The summed E-state index contributed by atoms with van der Waals surface area (Å²) >= 11 is 1.54. The normalized spacial score (nSPS) is 18.2. The van der Waals surface area contributed by atoms with E-state index >= 15 is 0 Å². The molecule has 0 aromatic carbocycles. The molecule has 1 saturated heterocycles. The molecule has 0 N–H and O–H groups in total. The fourth-order valence-electron chi connectivity index (χ4n) is 2.16. The number of carbonyl (C=O) groups is 1. The lowest BCUT2D eigenvalue weighted by atomic mass is 9.95. The highest BCUT2D eigenvalue weighted by Gasteiger charge is 2.37. The van der Waals surface area contributed by atoms with Crippen molar-refractivity contribution in [2.75, 3.05) is 26.9 Å². The van der Waals surface area contributed by atoms with Crippen LogP contribution in [0.25, 0.3) is 0 Å². The zero-order valence-electron chi connectivity index (χ0n) is 11.3. The highest BCUT2D eigenvalue weighted by molar-refractivity contribution is 7.09. The highest BCUT2D eigenvalue weighted by atomic mass is 32.1. The molecule has 0 bridgehead atoms. The lowest BCUT2D eigenvalue weighted by molar-refractivity contribution is -0.142. The van der Waals surface area contributed by atoms with Crippen molar-refractivity contribution in [1.82, 2.24) is 4.98 Å². The Kier molecular flexibility index (Phi) is 4.90. The number of nitrogens with zero attached hydrogens (tertiary/aromatic N) is 1. The molecule has 1 fully saturated rings. The zero-order chi connectivity index (χ0) is 13.7. The first-order chi connectivity index (χ1) is 9.20. The summed E-state index contributed by atoms with van der Waals surface area (Å²) in [4.78, 5) is 16.0. The lowest BCUT2D eigenvalue weighted by Crippen LogP contribution is -2.35. The van der Waals surface area contributed by atoms with Gasteiger partial charge in [-0.25, -0.2) is 4.98 Å². The van der Waals surface area contributed by atoms with E-state index in [1.165, 1.54) is 0 Å². The monoisotopic (exact) mass is 285 g/mol. The van der Waals surface area contributed by atoms with Crippen LogP contribution in [0.3, 0.4) is 0 Å². The molecular formula is C13H19NO4S. The Hall–Kier alpha value is -0.980. The van der Waals surface area contributed by atoms with E-state index in [-0.39, 0.29) is 18.0 Å². The maximum atomic E-state index is 11.4. The van der Waals surface area contributed by atoms with Crippen LogP contribution in [0.4, 0.5) is 0 Å². The van der Waals surface area contributed by atoms with Gasteiger partial charge in [0.15, 0.2) is 0 Å². The summed E-state index contributed by atoms with van der Waals surface area (Å²) in [5.41, 5.74) is 0.400. The van der Waals surface area contributed by atoms with Crippen molar-refractivity contribution in [1.29, 1.82) is 0 Å². The minimum absolute atomic E-state index is 0.223. The molecule has 1 aliphatic heterocycles. The molecule has 0 saturated carbocycles. The molecule has 2 rings (SSSR count). The number of methoxy groups -OCH3 is 1. The second-order valence-corrected chi connectivity index (χ2v) is 5.29. The molecule has 1 aliphatic rings. The molecule has 5 nitrogen and oxygen atoms in total. The average molecular weight is 285 g/mol. The van der Waals surface area contributed by atoms with Crippen molar-refractivity contribution in [3.05, 3.63) is 16.1 Å². The van der Waals surface area contributed by atoms with E-state index < -0.39 is 0 Å². The van der Waals surface area contributed by atoms with E-state index in [2.05, 4.69) is 4.98 Å². The predicted molar refractivity (Wildman–Crippen MR) is 71.2 cm³/mol. The number of carbonyl (C=O) groups excluding carboxylic acids is 1. The Morgan fingerprint density at radius 2 is 2.26 bits per heavy atom. The molecule has 0 aliphatic carbocycles. The zero-order valence-corrected chi connectivity index (χ0v) is 12.1. The quantitative estimate of drug-likeness (QED) is 0.773. The Morgan fingerprint density at radius 1 is 1.53 bits per heavy atom. The van der Waals surface area contributed by atoms with E-state index in [1.807, 2.05) is 5.38 Å². The van der Waals surface area contributed by atoms with Gasteiger partial charge in [0, 0.05) is 38.5 Å². The van der Waals surface area contributed by atoms with Crippen LogP contribution in [0.1, 0.15) is 30.5 Å². The summed E-state index contributed by atoms with van der Waals surface area (Å²) in [6, 6.07) is 0. The van der Waals surface area contributed by atoms with Gasteiger partial charge in [0.2, 0.25) is 0 Å². The number of esters is 1. The predicted octanol–water partition coefficient (Wildman–Crippen LogP) is 1.90. The Balaban J connectivity index is 2.08. The molecule has 0 unspecified atom stereocenters. The average Bonchev–Trinajstić information content (AvgIpc) is 2.89. The number of thiazole rings is 1. The molecule has 19 heavy (non-hydrogen) atoms. The van der Waals surface area contributed by atoms with Crippen LogP contribution < -0.4 is 0 Å². The third kappa shape index (κ3) is 3.32. The maximum absolute atomic E-state index is 11.4. The van der Waals surface area contributed by atoms with Gasteiger partial charge in [-0.2, -0.15) is 0 Å². The lowest BCUT2D eigenvalue weighted by Gasteiger charge is -2.33. The van der Waals surface area contributed by atoms with Crippen molar-refractivity contribution in [3.63, 3.8) is 0 Å². The second-order valence-electron chi connectivity index (χ2n) is 4.44. The van der Waals surface area contributed by atoms with Crippen molar-refractivity contribution in [3.8, 4) is 0 Å². The first-order valence-electron chi connectivity index (χ1n) is 6.43. The minimum atomic E-state index is -0.351. The van der Waals surface area contributed by atoms with Gasteiger partial charge in [0.1, 0.15) is 10.6 Å². The molecule has 6 heteroatoms. The van der Waals surface area contributed by atoms with E-state index in [9.17, 15) is 4.79 Å². The molecule has 0 amide bonds. The van der Waals surface area contributed by atoms with Gasteiger partial charge in [-0.15, -0.1) is 11.3 Å². The largest absolute Gasteiger partial charge is 0.466 e. The number of hydrogen-bond donors (Lipinski definition) is 0. The van der Waals surface area contributed by atoms with Crippen molar-refractivity contribution in [2.45, 2.75) is 31.8 Å². The topological polar surface area (TPSA) is 57.7 Å². The van der Waals surface area contributed by atoms with E-state index in [4.69, 9.17) is 14.2 Å².